The summed E-state index contributed by atoms with van der Waals surface area (Å²) in [5.41, 5.74) is 0.218. The fraction of sp³-hybridized carbons (Fsp3) is 0.100. The number of benzene rings is 2. The summed E-state index contributed by atoms with van der Waals surface area (Å²) in [5, 5.41) is 2.70. The molecule has 0 fully saturated rings. The molecule has 0 bridgehead atoms. The van der Waals surface area contributed by atoms with Gasteiger partial charge in [0, 0.05) is 22.3 Å². The molecule has 27 heavy (non-hydrogen) atoms. The fourth-order valence-electron chi connectivity index (χ4n) is 2.40. The normalized spacial score (nSPS) is 10.4. The van der Waals surface area contributed by atoms with E-state index in [2.05, 4.69) is 5.32 Å². The molecule has 0 radical (unpaired) electrons. The number of amides is 1. The Bertz CT molecular complexity index is 1020. The maximum absolute atomic E-state index is 13.7. The van der Waals surface area contributed by atoms with E-state index in [0.29, 0.717) is 11.3 Å². The number of carbonyl (C=O) groups excluding carboxylic acids is 1. The van der Waals surface area contributed by atoms with Gasteiger partial charge in [0.1, 0.15) is 18.0 Å². The zero-order valence-electron chi connectivity index (χ0n) is 14.5. The van der Waals surface area contributed by atoms with E-state index in [1.54, 1.807) is 36.0 Å². The van der Waals surface area contributed by atoms with E-state index in [9.17, 15) is 14.0 Å². The van der Waals surface area contributed by atoms with Gasteiger partial charge in [0.2, 0.25) is 0 Å². The lowest BCUT2D eigenvalue weighted by atomic mass is 10.2. The van der Waals surface area contributed by atoms with Crippen molar-refractivity contribution in [3.63, 3.8) is 0 Å². The summed E-state index contributed by atoms with van der Waals surface area (Å²) in [4.78, 5) is 31.3. The van der Waals surface area contributed by atoms with Crippen LogP contribution in [0.15, 0.2) is 76.6 Å². The van der Waals surface area contributed by atoms with Crippen LogP contribution in [0.4, 0.5) is 10.1 Å². The molecule has 7 heteroatoms. The molecule has 1 N–H and O–H groups in total. The highest BCUT2D eigenvalue weighted by Crippen LogP contribution is 2.19. The molecule has 0 aliphatic carbocycles. The third kappa shape index (κ3) is 4.57. The molecule has 0 saturated carbocycles. The topological polar surface area (TPSA) is 60.3 Å². The van der Waals surface area contributed by atoms with Gasteiger partial charge < -0.3 is 10.2 Å². The van der Waals surface area contributed by atoms with Crippen molar-refractivity contribution in [2.24, 2.45) is 0 Å². The summed E-state index contributed by atoms with van der Waals surface area (Å²) < 4.78 is 14.6. The Morgan fingerprint density at radius 1 is 1.15 bits per heavy atom. The second-order valence-electron chi connectivity index (χ2n) is 5.60. The number of nitrogens with zero attached hydrogens (tertiary/aromatic N) is 1. The van der Waals surface area contributed by atoms with Crippen molar-refractivity contribution in [1.29, 1.82) is 0 Å². The van der Waals surface area contributed by atoms with Gasteiger partial charge in [-0.2, -0.15) is 4.73 Å². The molecule has 0 atom stereocenters. The molecular formula is C20H17FN2O3S. The number of hydrogen-bond donors (Lipinski definition) is 1. The summed E-state index contributed by atoms with van der Waals surface area (Å²) in [6, 6.07) is 16.4. The van der Waals surface area contributed by atoms with Gasteiger partial charge in [-0.15, -0.1) is 11.8 Å². The molecule has 138 valence electrons. The van der Waals surface area contributed by atoms with E-state index in [1.165, 1.54) is 24.4 Å². The first-order chi connectivity index (χ1) is 13.1. The van der Waals surface area contributed by atoms with Crippen molar-refractivity contribution in [3.8, 4) is 0 Å². The largest absolute Gasteiger partial charge is 0.406 e. The smallest absolute Gasteiger partial charge is 0.295 e. The first kappa shape index (κ1) is 18.7. The van der Waals surface area contributed by atoms with E-state index in [4.69, 9.17) is 4.84 Å². The molecule has 0 unspecified atom stereocenters. The van der Waals surface area contributed by atoms with Gasteiger partial charge >= 0.3 is 0 Å². The van der Waals surface area contributed by atoms with Crippen LogP contribution >= 0.6 is 11.8 Å². The number of thioether (sulfide) groups is 1. The van der Waals surface area contributed by atoms with Gasteiger partial charge in [-0.25, -0.2) is 4.39 Å². The molecule has 3 aromatic rings. The van der Waals surface area contributed by atoms with Gasteiger partial charge in [0.15, 0.2) is 0 Å². The Kier molecular flexibility index (Phi) is 5.93. The van der Waals surface area contributed by atoms with Crippen molar-refractivity contribution in [1.82, 2.24) is 4.73 Å². The van der Waals surface area contributed by atoms with Gasteiger partial charge in [0.25, 0.3) is 11.5 Å². The minimum absolute atomic E-state index is 0.0689. The zero-order valence-corrected chi connectivity index (χ0v) is 15.3. The van der Waals surface area contributed by atoms with Gasteiger partial charge in [-0.1, -0.05) is 24.3 Å². The van der Waals surface area contributed by atoms with Crippen molar-refractivity contribution in [3.05, 3.63) is 94.2 Å². The fourth-order valence-corrected chi connectivity index (χ4v) is 2.86. The Morgan fingerprint density at radius 3 is 2.74 bits per heavy atom. The molecule has 1 amide bonds. The number of aromatic nitrogens is 1. The molecule has 0 aliphatic rings. The zero-order chi connectivity index (χ0) is 19.2. The number of nitrogens with one attached hydrogen (secondary N) is 1. The lowest BCUT2D eigenvalue weighted by molar-refractivity contribution is 0.0847. The predicted octanol–water partition coefficient (Wildman–Crippen LogP) is 3.59. The van der Waals surface area contributed by atoms with Crippen LogP contribution in [-0.4, -0.2) is 16.9 Å². The summed E-state index contributed by atoms with van der Waals surface area (Å²) in [7, 11) is 0. The lowest BCUT2D eigenvalue weighted by Gasteiger charge is -2.11. The maximum Gasteiger partial charge on any atom is 0.295 e. The highest BCUT2D eigenvalue weighted by molar-refractivity contribution is 7.98. The van der Waals surface area contributed by atoms with E-state index >= 15 is 0 Å². The second kappa shape index (κ2) is 8.55. The van der Waals surface area contributed by atoms with Gasteiger partial charge in [0.05, 0.1) is 0 Å². The Labute approximate surface area is 159 Å². The molecule has 5 nitrogen and oxygen atoms in total. The summed E-state index contributed by atoms with van der Waals surface area (Å²) >= 11 is 1.55. The summed E-state index contributed by atoms with van der Waals surface area (Å²) in [6.07, 6.45) is 3.32. The van der Waals surface area contributed by atoms with Crippen LogP contribution in [0.5, 0.6) is 0 Å². The van der Waals surface area contributed by atoms with Crippen molar-refractivity contribution in [2.45, 2.75) is 11.5 Å². The van der Waals surface area contributed by atoms with E-state index in [1.807, 2.05) is 24.5 Å². The highest BCUT2D eigenvalue weighted by atomic mass is 32.2. The Morgan fingerprint density at radius 2 is 1.96 bits per heavy atom. The average Bonchev–Trinajstić information content (AvgIpc) is 2.68. The van der Waals surface area contributed by atoms with E-state index in [-0.39, 0.29) is 12.2 Å². The Balaban J connectivity index is 1.76. The summed E-state index contributed by atoms with van der Waals surface area (Å²) in [5.74, 6) is -0.963. The SMILES string of the molecule is CSc1cccc(NC(=O)c2cccn(OCc3ccccc3F)c2=O)c1. The molecule has 0 saturated heterocycles. The second-order valence-corrected chi connectivity index (χ2v) is 6.48. The van der Waals surface area contributed by atoms with Crippen LogP contribution in [0.25, 0.3) is 0 Å². The maximum atomic E-state index is 13.7. The van der Waals surface area contributed by atoms with Crippen LogP contribution < -0.4 is 15.7 Å². The molecular weight excluding hydrogens is 367 g/mol. The predicted molar refractivity (Wildman–Crippen MR) is 104 cm³/mol. The molecule has 2 aromatic carbocycles. The lowest BCUT2D eigenvalue weighted by Crippen LogP contribution is -2.32. The minimum atomic E-state index is -0.618. The van der Waals surface area contributed by atoms with Gasteiger partial charge in [-0.05, 0) is 42.7 Å². The third-order valence-corrected chi connectivity index (χ3v) is 4.53. The molecule has 0 spiro atoms. The van der Waals surface area contributed by atoms with Crippen molar-refractivity contribution in [2.75, 3.05) is 11.6 Å². The first-order valence-corrected chi connectivity index (χ1v) is 9.35. The molecule has 3 rings (SSSR count). The number of carbonyl (C=O) groups is 1. The number of hydrogen-bond acceptors (Lipinski definition) is 4. The number of anilines is 1. The highest BCUT2D eigenvalue weighted by Gasteiger charge is 2.13. The van der Waals surface area contributed by atoms with E-state index < -0.39 is 17.3 Å². The summed E-state index contributed by atoms with van der Waals surface area (Å²) in [6.45, 7) is -0.132. The minimum Gasteiger partial charge on any atom is -0.406 e. The Hall–Kier alpha value is -3.06. The molecule has 0 aliphatic heterocycles. The van der Waals surface area contributed by atoms with Crippen LogP contribution in [0.1, 0.15) is 15.9 Å². The van der Waals surface area contributed by atoms with Crippen LogP contribution in [-0.2, 0) is 6.61 Å². The quantitative estimate of drug-likeness (QED) is 0.660. The van der Waals surface area contributed by atoms with Crippen molar-refractivity contribution >= 4 is 23.4 Å². The molecule has 1 aromatic heterocycles. The van der Waals surface area contributed by atoms with E-state index in [0.717, 1.165) is 9.63 Å². The average molecular weight is 384 g/mol. The van der Waals surface area contributed by atoms with Crippen molar-refractivity contribution < 1.29 is 14.0 Å². The number of halogens is 1. The first-order valence-electron chi connectivity index (χ1n) is 8.12. The van der Waals surface area contributed by atoms with Gasteiger partial charge in [-0.3, -0.25) is 9.59 Å². The van der Waals surface area contributed by atoms with Crippen LogP contribution in [0.3, 0.4) is 0 Å². The van der Waals surface area contributed by atoms with Crippen LogP contribution in [0.2, 0.25) is 0 Å². The number of rotatable bonds is 6. The van der Waals surface area contributed by atoms with Crippen LogP contribution in [0, 0.1) is 5.82 Å². The monoisotopic (exact) mass is 384 g/mol. The molecule has 1 heterocycles. The number of pyridine rings is 1. The standard InChI is InChI=1S/C20H17FN2O3S/c1-27-16-8-4-7-15(12-16)22-19(24)17-9-5-11-23(20(17)25)26-13-14-6-2-3-10-18(14)21/h2-12H,13H2,1H3,(H,22,24). The third-order valence-electron chi connectivity index (χ3n) is 3.80.